The fourth-order valence-corrected chi connectivity index (χ4v) is 3.15. The second-order valence-corrected chi connectivity index (χ2v) is 6.32. The van der Waals surface area contributed by atoms with E-state index < -0.39 is 12.2 Å². The quantitative estimate of drug-likeness (QED) is 0.498. The van der Waals surface area contributed by atoms with Crippen LogP contribution in [0.3, 0.4) is 0 Å². The van der Waals surface area contributed by atoms with Gasteiger partial charge in [0.15, 0.2) is 5.92 Å². The lowest BCUT2D eigenvalue weighted by Crippen LogP contribution is -2.40. The van der Waals surface area contributed by atoms with Crippen molar-refractivity contribution in [3.8, 4) is 0 Å². The molecule has 0 atom stereocenters. The Labute approximate surface area is 127 Å². The van der Waals surface area contributed by atoms with Crippen LogP contribution in [0.25, 0.3) is 0 Å². The topological polar surface area (TPSA) is 52.6 Å². The van der Waals surface area contributed by atoms with E-state index >= 15 is 0 Å². The molecule has 3 aliphatic heterocycles. The minimum absolute atomic E-state index is 0.374. The van der Waals surface area contributed by atoms with Gasteiger partial charge in [0.2, 0.25) is 6.29 Å². The molecule has 3 heterocycles. The second kappa shape index (κ2) is 9.06. The lowest BCUT2D eigenvalue weighted by molar-refractivity contribution is -0.213. The summed E-state index contributed by atoms with van der Waals surface area (Å²) in [7, 11) is 0. The van der Waals surface area contributed by atoms with Crippen LogP contribution in [0.1, 0.15) is 83.5 Å². The molecule has 21 heavy (non-hydrogen) atoms. The van der Waals surface area contributed by atoms with Crippen LogP contribution in [0.2, 0.25) is 0 Å². The van der Waals surface area contributed by atoms with E-state index in [4.69, 9.17) is 9.47 Å². The molecule has 3 aliphatic rings. The van der Waals surface area contributed by atoms with E-state index in [1.165, 1.54) is 44.9 Å². The maximum Gasteiger partial charge on any atom is 0.323 e. The molecule has 0 aromatic carbocycles. The van der Waals surface area contributed by atoms with Gasteiger partial charge in [-0.25, -0.2) is 0 Å². The summed E-state index contributed by atoms with van der Waals surface area (Å²) >= 11 is 0. The van der Waals surface area contributed by atoms with Crippen molar-refractivity contribution in [1.82, 2.24) is 0 Å². The second-order valence-electron chi connectivity index (χ2n) is 6.32. The Morgan fingerprint density at radius 3 is 1.43 bits per heavy atom. The first-order valence-electron chi connectivity index (χ1n) is 8.68. The molecule has 0 radical (unpaired) electrons. The van der Waals surface area contributed by atoms with Gasteiger partial charge in [0.05, 0.1) is 0 Å². The molecule has 0 aliphatic carbocycles. The zero-order valence-corrected chi connectivity index (χ0v) is 13.0. The summed E-state index contributed by atoms with van der Waals surface area (Å²) in [5, 5.41) is 0. The molecule has 2 bridgehead atoms. The number of carbonyl (C=O) groups is 2. The average molecular weight is 296 g/mol. The molecule has 0 amide bonds. The smallest absolute Gasteiger partial charge is 0.323 e. The first-order valence-corrected chi connectivity index (χ1v) is 8.68. The van der Waals surface area contributed by atoms with E-state index in [1.54, 1.807) is 0 Å². The molecular weight excluding hydrogens is 268 g/mol. The van der Waals surface area contributed by atoms with Crippen LogP contribution in [-0.2, 0) is 19.1 Å². The highest BCUT2D eigenvalue weighted by Gasteiger charge is 2.37. The third kappa shape index (κ3) is 5.68. The molecule has 0 unspecified atom stereocenters. The normalized spacial score (nSPS) is 30.3. The summed E-state index contributed by atoms with van der Waals surface area (Å²) in [5.41, 5.74) is 0. The molecule has 3 rings (SSSR count). The molecule has 0 spiro atoms. The Balaban J connectivity index is 1.84. The van der Waals surface area contributed by atoms with Crippen LogP contribution in [0.4, 0.5) is 0 Å². The summed E-state index contributed by atoms with van der Waals surface area (Å²) in [6.45, 7) is 0. The van der Waals surface area contributed by atoms with Gasteiger partial charge in [-0.3, -0.25) is 9.59 Å². The van der Waals surface area contributed by atoms with Crippen molar-refractivity contribution in [2.75, 3.05) is 0 Å². The van der Waals surface area contributed by atoms with Gasteiger partial charge in [0.1, 0.15) is 0 Å². The zero-order valence-electron chi connectivity index (χ0n) is 13.0. The van der Waals surface area contributed by atoms with Gasteiger partial charge in [-0.2, -0.15) is 0 Å². The Bertz CT molecular complexity index is 322. The fraction of sp³-hybridized carbons (Fsp3) is 0.882. The lowest BCUT2D eigenvalue weighted by Gasteiger charge is -2.27. The van der Waals surface area contributed by atoms with Gasteiger partial charge in [0.25, 0.3) is 0 Å². The van der Waals surface area contributed by atoms with Gasteiger partial charge < -0.3 is 9.47 Å². The van der Waals surface area contributed by atoms with Crippen molar-refractivity contribution in [3.05, 3.63) is 0 Å². The summed E-state index contributed by atoms with van der Waals surface area (Å²) in [4.78, 5) is 23.8. The number of fused-ring (bicyclic) bond motifs is 14. The first kappa shape index (κ1) is 16.3. The van der Waals surface area contributed by atoms with E-state index in [2.05, 4.69) is 0 Å². The summed E-state index contributed by atoms with van der Waals surface area (Å²) in [5.74, 6) is -1.43. The van der Waals surface area contributed by atoms with Gasteiger partial charge in [-0.05, 0) is 12.8 Å². The summed E-state index contributed by atoms with van der Waals surface area (Å²) < 4.78 is 10.5. The summed E-state index contributed by atoms with van der Waals surface area (Å²) in [6, 6.07) is 0. The Kier molecular flexibility index (Phi) is 7.04. The molecule has 0 N–H and O–H groups in total. The Morgan fingerprint density at radius 1 is 0.571 bits per heavy atom. The Hall–Kier alpha value is -1.06. The van der Waals surface area contributed by atoms with Crippen molar-refractivity contribution in [3.63, 3.8) is 0 Å². The number of rotatable bonds is 0. The maximum absolute atomic E-state index is 11.9. The maximum atomic E-state index is 11.9. The van der Waals surface area contributed by atoms with Crippen LogP contribution in [0.15, 0.2) is 0 Å². The summed E-state index contributed by atoms with van der Waals surface area (Å²) in [6.07, 6.45) is 13.6. The van der Waals surface area contributed by atoms with Crippen molar-refractivity contribution in [2.45, 2.75) is 89.8 Å². The predicted octanol–water partition coefficient (Wildman–Crippen LogP) is 4.11. The standard InChI is InChI=1S/C17H28O4/c18-16-14-12-10-8-6-4-2-1-3-5-7-9-11-13-15(20-16)21-17(14)19/h14-15H,1-13H2. The molecule has 3 saturated heterocycles. The number of hydrogen-bond acceptors (Lipinski definition) is 4. The molecule has 4 heteroatoms. The molecule has 0 saturated carbocycles. The largest absolute Gasteiger partial charge is 0.425 e. The monoisotopic (exact) mass is 296 g/mol. The molecule has 3 fully saturated rings. The number of esters is 2. The van der Waals surface area contributed by atoms with Gasteiger partial charge in [-0.15, -0.1) is 0 Å². The molecule has 4 nitrogen and oxygen atoms in total. The van der Waals surface area contributed by atoms with Crippen LogP contribution in [-0.4, -0.2) is 18.2 Å². The molecule has 0 aromatic heterocycles. The third-order valence-corrected chi connectivity index (χ3v) is 4.50. The van der Waals surface area contributed by atoms with Gasteiger partial charge >= 0.3 is 11.9 Å². The zero-order chi connectivity index (χ0) is 14.9. The number of carbonyl (C=O) groups excluding carboxylic acids is 2. The van der Waals surface area contributed by atoms with Crippen molar-refractivity contribution in [2.24, 2.45) is 5.92 Å². The van der Waals surface area contributed by atoms with E-state index in [0.29, 0.717) is 12.8 Å². The third-order valence-electron chi connectivity index (χ3n) is 4.50. The lowest BCUT2D eigenvalue weighted by atomic mass is 9.99. The first-order chi connectivity index (χ1) is 10.3. The molecule has 120 valence electrons. The average Bonchev–Trinajstić information content (AvgIpc) is 2.46. The van der Waals surface area contributed by atoms with Crippen LogP contribution in [0.5, 0.6) is 0 Å². The van der Waals surface area contributed by atoms with Crippen LogP contribution in [0, 0.1) is 5.92 Å². The minimum atomic E-state index is -0.683. The highest BCUT2D eigenvalue weighted by atomic mass is 16.7. The van der Waals surface area contributed by atoms with Crippen molar-refractivity contribution in [1.29, 1.82) is 0 Å². The van der Waals surface area contributed by atoms with Crippen molar-refractivity contribution >= 4 is 11.9 Å². The highest BCUT2D eigenvalue weighted by Crippen LogP contribution is 2.24. The predicted molar refractivity (Wildman–Crippen MR) is 79.5 cm³/mol. The van der Waals surface area contributed by atoms with Crippen molar-refractivity contribution < 1.29 is 19.1 Å². The highest BCUT2D eigenvalue weighted by molar-refractivity contribution is 5.96. The van der Waals surface area contributed by atoms with E-state index in [1.807, 2.05) is 0 Å². The van der Waals surface area contributed by atoms with E-state index in [9.17, 15) is 9.59 Å². The van der Waals surface area contributed by atoms with Crippen LogP contribution < -0.4 is 0 Å². The van der Waals surface area contributed by atoms with Crippen LogP contribution >= 0.6 is 0 Å². The van der Waals surface area contributed by atoms with E-state index in [0.717, 1.165) is 25.7 Å². The van der Waals surface area contributed by atoms with Gasteiger partial charge in [0, 0.05) is 6.42 Å². The fourth-order valence-electron chi connectivity index (χ4n) is 3.15. The molecular formula is C17H28O4. The van der Waals surface area contributed by atoms with Gasteiger partial charge in [-0.1, -0.05) is 64.2 Å². The molecule has 0 aromatic rings. The SMILES string of the molecule is O=C1OC2CCCCCCCCCCCCCC1C(=O)O2. The minimum Gasteiger partial charge on any atom is -0.425 e. The van der Waals surface area contributed by atoms with E-state index in [-0.39, 0.29) is 11.9 Å². The number of hydrogen-bond donors (Lipinski definition) is 0. The number of ether oxygens (including phenoxy) is 2. The Morgan fingerprint density at radius 2 is 0.952 bits per heavy atom.